The first-order valence-electron chi connectivity index (χ1n) is 5.88. The second-order valence-electron chi connectivity index (χ2n) is 4.25. The van der Waals surface area contributed by atoms with Crippen LogP contribution in [0.5, 0.6) is 0 Å². The van der Waals surface area contributed by atoms with Crippen LogP contribution in [-0.2, 0) is 6.42 Å². The van der Waals surface area contributed by atoms with Gasteiger partial charge in [0.15, 0.2) is 0 Å². The average Bonchev–Trinajstić information content (AvgIpc) is 2.87. The van der Waals surface area contributed by atoms with E-state index in [2.05, 4.69) is 4.98 Å². The molecule has 4 heteroatoms. The number of hydrogen-bond donors (Lipinski definition) is 1. The number of carboxylic acids is 1. The molecule has 0 aliphatic carbocycles. The predicted molar refractivity (Wildman–Crippen MR) is 75.8 cm³/mol. The average molecular weight is 269 g/mol. The van der Waals surface area contributed by atoms with Crippen molar-refractivity contribution in [2.24, 2.45) is 0 Å². The number of benzene rings is 1. The molecule has 94 valence electrons. The van der Waals surface area contributed by atoms with Crippen LogP contribution in [-0.4, -0.2) is 16.1 Å². The molecule has 19 heavy (non-hydrogen) atoms. The van der Waals surface area contributed by atoms with Crippen LogP contribution in [0.15, 0.2) is 47.8 Å². The minimum absolute atomic E-state index is 0.398. The Morgan fingerprint density at radius 2 is 2.00 bits per heavy atom. The smallest absolute Gasteiger partial charge is 0.346 e. The van der Waals surface area contributed by atoms with Gasteiger partial charge in [0, 0.05) is 17.5 Å². The van der Waals surface area contributed by atoms with Crippen LogP contribution in [0.25, 0.3) is 10.9 Å². The van der Waals surface area contributed by atoms with E-state index in [9.17, 15) is 4.79 Å². The van der Waals surface area contributed by atoms with Crippen molar-refractivity contribution in [2.45, 2.75) is 6.42 Å². The minimum Gasteiger partial charge on any atom is -0.477 e. The summed E-state index contributed by atoms with van der Waals surface area (Å²) in [5.41, 5.74) is 2.65. The monoisotopic (exact) mass is 269 g/mol. The van der Waals surface area contributed by atoms with Gasteiger partial charge >= 0.3 is 5.97 Å². The van der Waals surface area contributed by atoms with Crippen LogP contribution < -0.4 is 0 Å². The summed E-state index contributed by atoms with van der Waals surface area (Å²) in [6.07, 6.45) is 0.552. The maximum atomic E-state index is 11.1. The zero-order chi connectivity index (χ0) is 13.2. The molecule has 0 bridgehead atoms. The van der Waals surface area contributed by atoms with Gasteiger partial charge in [-0.1, -0.05) is 24.3 Å². The lowest BCUT2D eigenvalue weighted by molar-refractivity contribution is 0.0701. The van der Waals surface area contributed by atoms with Crippen LogP contribution in [0.2, 0.25) is 0 Å². The number of carboxylic acid groups (broad SMARTS) is 1. The number of nitrogens with zero attached hydrogens (tertiary/aromatic N) is 1. The van der Waals surface area contributed by atoms with Gasteiger partial charge in [-0.25, -0.2) is 4.79 Å². The summed E-state index contributed by atoms with van der Waals surface area (Å²) in [6.45, 7) is 0. The van der Waals surface area contributed by atoms with Crippen LogP contribution in [0.1, 0.15) is 20.9 Å². The van der Waals surface area contributed by atoms with Crippen molar-refractivity contribution in [3.63, 3.8) is 0 Å². The zero-order valence-electron chi connectivity index (χ0n) is 10.0. The van der Waals surface area contributed by atoms with E-state index in [-0.39, 0.29) is 0 Å². The fraction of sp³-hybridized carbons (Fsp3) is 0.0667. The van der Waals surface area contributed by atoms with E-state index >= 15 is 0 Å². The molecule has 1 N–H and O–H groups in total. The summed E-state index contributed by atoms with van der Waals surface area (Å²) in [5.74, 6) is -0.870. The summed E-state index contributed by atoms with van der Waals surface area (Å²) >= 11 is 1.25. The lowest BCUT2D eigenvalue weighted by Gasteiger charge is -2.03. The van der Waals surface area contributed by atoms with Crippen molar-refractivity contribution >= 4 is 28.2 Å². The standard InChI is InChI=1S/C15H11NO2S/c17-15(18)14-11(7-8-19-14)9-12-6-5-10-3-1-2-4-13(10)16-12/h1-8H,9H2,(H,17,18). The van der Waals surface area contributed by atoms with Gasteiger partial charge in [0.1, 0.15) is 4.88 Å². The van der Waals surface area contributed by atoms with E-state index in [1.807, 2.05) is 42.5 Å². The highest BCUT2D eigenvalue weighted by Gasteiger charge is 2.12. The molecule has 0 atom stereocenters. The van der Waals surface area contributed by atoms with Gasteiger partial charge in [0.05, 0.1) is 5.52 Å². The molecule has 3 rings (SSSR count). The van der Waals surface area contributed by atoms with Gasteiger partial charge in [0.25, 0.3) is 0 Å². The fourth-order valence-corrected chi connectivity index (χ4v) is 2.83. The van der Waals surface area contributed by atoms with E-state index < -0.39 is 5.97 Å². The lowest BCUT2D eigenvalue weighted by Crippen LogP contribution is -1.99. The van der Waals surface area contributed by atoms with E-state index in [1.54, 1.807) is 5.38 Å². The fourth-order valence-electron chi connectivity index (χ4n) is 2.06. The van der Waals surface area contributed by atoms with Gasteiger partial charge in [-0.3, -0.25) is 4.98 Å². The molecule has 1 aromatic carbocycles. The molecule has 0 saturated carbocycles. The Hall–Kier alpha value is -2.20. The van der Waals surface area contributed by atoms with Crippen molar-refractivity contribution in [2.75, 3.05) is 0 Å². The van der Waals surface area contributed by atoms with Crippen molar-refractivity contribution in [1.82, 2.24) is 4.98 Å². The van der Waals surface area contributed by atoms with Gasteiger partial charge in [0.2, 0.25) is 0 Å². The normalized spacial score (nSPS) is 10.7. The summed E-state index contributed by atoms with van der Waals surface area (Å²) in [5, 5.41) is 12.0. The molecular weight excluding hydrogens is 258 g/mol. The van der Waals surface area contributed by atoms with Gasteiger partial charge in [-0.15, -0.1) is 11.3 Å². The maximum Gasteiger partial charge on any atom is 0.346 e. The lowest BCUT2D eigenvalue weighted by atomic mass is 10.1. The molecule has 0 aliphatic heterocycles. The van der Waals surface area contributed by atoms with Crippen molar-refractivity contribution < 1.29 is 9.90 Å². The number of aromatic carboxylic acids is 1. The number of para-hydroxylation sites is 1. The van der Waals surface area contributed by atoms with E-state index in [4.69, 9.17) is 5.11 Å². The Morgan fingerprint density at radius 3 is 2.84 bits per heavy atom. The van der Waals surface area contributed by atoms with E-state index in [0.29, 0.717) is 11.3 Å². The number of hydrogen-bond acceptors (Lipinski definition) is 3. The number of carbonyl (C=O) groups is 1. The first-order chi connectivity index (χ1) is 9.24. The van der Waals surface area contributed by atoms with Gasteiger partial charge in [-0.05, 0) is 29.1 Å². The van der Waals surface area contributed by atoms with Crippen LogP contribution in [0, 0.1) is 0 Å². The Kier molecular flexibility index (Phi) is 3.01. The predicted octanol–water partition coefficient (Wildman–Crippen LogP) is 3.59. The van der Waals surface area contributed by atoms with Crippen molar-refractivity contribution in [3.8, 4) is 0 Å². The zero-order valence-corrected chi connectivity index (χ0v) is 10.9. The number of rotatable bonds is 3. The molecular formula is C15H11NO2S. The van der Waals surface area contributed by atoms with Gasteiger partial charge in [-0.2, -0.15) is 0 Å². The summed E-state index contributed by atoms with van der Waals surface area (Å²) in [4.78, 5) is 16.0. The molecule has 0 amide bonds. The number of fused-ring (bicyclic) bond motifs is 1. The number of aromatic nitrogens is 1. The SMILES string of the molecule is O=C(O)c1sccc1Cc1ccc2ccccc2n1. The highest BCUT2D eigenvalue weighted by molar-refractivity contribution is 7.12. The largest absolute Gasteiger partial charge is 0.477 e. The maximum absolute atomic E-state index is 11.1. The molecule has 0 saturated heterocycles. The second kappa shape index (κ2) is 4.82. The third-order valence-corrected chi connectivity index (χ3v) is 3.91. The van der Waals surface area contributed by atoms with Crippen LogP contribution >= 0.6 is 11.3 Å². The molecule has 2 heterocycles. The molecule has 3 nitrogen and oxygen atoms in total. The summed E-state index contributed by atoms with van der Waals surface area (Å²) in [7, 11) is 0. The third kappa shape index (κ3) is 2.35. The number of pyridine rings is 1. The molecule has 2 aromatic heterocycles. The summed E-state index contributed by atoms with van der Waals surface area (Å²) in [6, 6.07) is 13.7. The van der Waals surface area contributed by atoms with Crippen LogP contribution in [0.3, 0.4) is 0 Å². The second-order valence-corrected chi connectivity index (χ2v) is 5.17. The summed E-state index contributed by atoms with van der Waals surface area (Å²) < 4.78 is 0. The molecule has 0 radical (unpaired) electrons. The molecule has 0 aliphatic rings. The van der Waals surface area contributed by atoms with Crippen molar-refractivity contribution in [3.05, 3.63) is 64.0 Å². The molecule has 0 spiro atoms. The Labute approximate surface area is 114 Å². The first kappa shape index (κ1) is 11.9. The Balaban J connectivity index is 1.97. The van der Waals surface area contributed by atoms with E-state index in [1.165, 1.54) is 11.3 Å². The molecule has 0 fully saturated rings. The topological polar surface area (TPSA) is 50.2 Å². The van der Waals surface area contributed by atoms with E-state index in [0.717, 1.165) is 22.2 Å². The Morgan fingerprint density at radius 1 is 1.16 bits per heavy atom. The van der Waals surface area contributed by atoms with Gasteiger partial charge < -0.3 is 5.11 Å². The highest BCUT2D eigenvalue weighted by Crippen LogP contribution is 2.21. The number of thiophene rings is 1. The molecule has 3 aromatic rings. The highest BCUT2D eigenvalue weighted by atomic mass is 32.1. The third-order valence-electron chi connectivity index (χ3n) is 2.97. The minimum atomic E-state index is -0.870. The van der Waals surface area contributed by atoms with Crippen LogP contribution in [0.4, 0.5) is 0 Å². The molecule has 0 unspecified atom stereocenters. The Bertz CT molecular complexity index is 748. The first-order valence-corrected chi connectivity index (χ1v) is 6.76. The quantitative estimate of drug-likeness (QED) is 0.790. The van der Waals surface area contributed by atoms with Crippen molar-refractivity contribution in [1.29, 1.82) is 0 Å².